The van der Waals surface area contributed by atoms with E-state index in [1.165, 1.54) is 23.4 Å². The Hall–Kier alpha value is -2.73. The van der Waals surface area contributed by atoms with Gasteiger partial charge in [-0.3, -0.25) is 4.90 Å². The van der Waals surface area contributed by atoms with E-state index in [0.717, 1.165) is 5.76 Å². The summed E-state index contributed by atoms with van der Waals surface area (Å²) in [5.41, 5.74) is 1.14. The summed E-state index contributed by atoms with van der Waals surface area (Å²) in [6, 6.07) is 3.31. The second-order valence-electron chi connectivity index (χ2n) is 5.02. The van der Waals surface area contributed by atoms with Gasteiger partial charge in [-0.2, -0.15) is 0 Å². The number of halogens is 1. The molecule has 0 aliphatic heterocycles. The molecular weight excluding hydrogens is 330 g/mol. The first-order valence-electron chi connectivity index (χ1n) is 7.19. The van der Waals surface area contributed by atoms with Crippen molar-refractivity contribution in [1.82, 2.24) is 10.5 Å². The summed E-state index contributed by atoms with van der Waals surface area (Å²) in [5.74, 6) is 1.43. The van der Waals surface area contributed by atoms with Gasteiger partial charge in [0, 0.05) is 10.7 Å². The molecule has 7 heteroatoms. The lowest BCUT2D eigenvalue weighted by atomic mass is 10.3. The van der Waals surface area contributed by atoms with Crippen molar-refractivity contribution in [1.29, 1.82) is 0 Å². The smallest absolute Gasteiger partial charge is 0.326 e. The van der Waals surface area contributed by atoms with Crippen LogP contribution < -0.4 is 10.2 Å². The number of hydrogen-bond donors (Lipinski definition) is 1. The van der Waals surface area contributed by atoms with Gasteiger partial charge in [-0.1, -0.05) is 29.4 Å². The monoisotopic (exact) mass is 347 g/mol. The number of allylic oxidation sites excluding steroid dienone is 5. The van der Waals surface area contributed by atoms with Gasteiger partial charge in [0.1, 0.15) is 23.5 Å². The number of anilines is 1. The van der Waals surface area contributed by atoms with E-state index >= 15 is 0 Å². The van der Waals surface area contributed by atoms with Crippen molar-refractivity contribution in [2.75, 3.05) is 4.90 Å². The highest BCUT2D eigenvalue weighted by atomic mass is 35.5. The molecule has 1 N–H and O–H groups in total. The molecule has 0 aromatic carbocycles. The molecule has 0 aliphatic rings. The predicted molar refractivity (Wildman–Crippen MR) is 92.6 cm³/mol. The molecule has 0 saturated heterocycles. The van der Waals surface area contributed by atoms with Crippen LogP contribution in [-0.2, 0) is 6.54 Å². The maximum atomic E-state index is 12.6. The predicted octanol–water partition coefficient (Wildman–Crippen LogP) is 4.50. The molecule has 0 radical (unpaired) electrons. The van der Waals surface area contributed by atoms with E-state index in [1.807, 2.05) is 19.1 Å². The standard InChI is InChI=1S/C17H18ClN3O3/c1-4-14(18)7-5-12(2)20-17(22)21(15-9-19-23-11-15)10-16-8-6-13(3)24-16/h4-9,11H,1,10H2,2-3H3,(H,20,22)/b12-5+,14-7+. The van der Waals surface area contributed by atoms with Gasteiger partial charge in [0.15, 0.2) is 0 Å². The third-order valence-electron chi connectivity index (χ3n) is 3.08. The molecule has 0 unspecified atom stereocenters. The highest BCUT2D eigenvalue weighted by molar-refractivity contribution is 6.31. The van der Waals surface area contributed by atoms with E-state index in [4.69, 9.17) is 20.5 Å². The SMILES string of the molecule is C=C/C(Cl)=C\C=C(/C)NC(=O)N(Cc1ccc(C)o1)c1cnoc1. The summed E-state index contributed by atoms with van der Waals surface area (Å²) in [7, 11) is 0. The zero-order chi connectivity index (χ0) is 17.5. The van der Waals surface area contributed by atoms with Crippen molar-refractivity contribution < 1.29 is 13.7 Å². The van der Waals surface area contributed by atoms with Crippen LogP contribution in [0.25, 0.3) is 0 Å². The average Bonchev–Trinajstić information content (AvgIpc) is 3.21. The van der Waals surface area contributed by atoms with E-state index in [0.29, 0.717) is 22.2 Å². The number of nitrogens with zero attached hydrogens (tertiary/aromatic N) is 2. The van der Waals surface area contributed by atoms with Crippen LogP contribution in [0.4, 0.5) is 10.5 Å². The fraction of sp³-hybridized carbons (Fsp3) is 0.176. The molecular formula is C17H18ClN3O3. The van der Waals surface area contributed by atoms with Gasteiger partial charge in [0.25, 0.3) is 0 Å². The Morgan fingerprint density at radius 2 is 2.25 bits per heavy atom. The fourth-order valence-electron chi connectivity index (χ4n) is 1.89. The van der Waals surface area contributed by atoms with Crippen LogP contribution in [0.15, 0.2) is 69.1 Å². The van der Waals surface area contributed by atoms with Gasteiger partial charge >= 0.3 is 6.03 Å². The third-order valence-corrected chi connectivity index (χ3v) is 3.36. The normalized spacial score (nSPS) is 12.1. The average molecular weight is 348 g/mol. The molecule has 6 nitrogen and oxygen atoms in total. The summed E-state index contributed by atoms with van der Waals surface area (Å²) in [5, 5.41) is 6.89. The lowest BCUT2D eigenvalue weighted by Crippen LogP contribution is -2.38. The van der Waals surface area contributed by atoms with Crippen LogP contribution in [0.5, 0.6) is 0 Å². The highest BCUT2D eigenvalue weighted by Crippen LogP contribution is 2.18. The van der Waals surface area contributed by atoms with Crippen molar-refractivity contribution in [3.63, 3.8) is 0 Å². The van der Waals surface area contributed by atoms with Gasteiger partial charge in [-0.05, 0) is 38.1 Å². The van der Waals surface area contributed by atoms with Crippen molar-refractivity contribution in [3.05, 3.63) is 71.6 Å². The van der Waals surface area contributed by atoms with Crippen LogP contribution in [0, 0.1) is 6.92 Å². The van der Waals surface area contributed by atoms with Gasteiger partial charge in [0.05, 0.1) is 12.7 Å². The summed E-state index contributed by atoms with van der Waals surface area (Å²) in [6.07, 6.45) is 7.69. The van der Waals surface area contributed by atoms with Gasteiger partial charge < -0.3 is 14.3 Å². The first-order chi connectivity index (χ1) is 11.5. The number of nitrogens with one attached hydrogen (secondary N) is 1. The number of aromatic nitrogens is 1. The molecule has 2 rings (SSSR count). The lowest BCUT2D eigenvalue weighted by Gasteiger charge is -2.20. The van der Waals surface area contributed by atoms with Crippen LogP contribution >= 0.6 is 11.6 Å². The number of carbonyl (C=O) groups excluding carboxylic acids is 1. The largest absolute Gasteiger partial charge is 0.464 e. The fourth-order valence-corrected chi connectivity index (χ4v) is 1.95. The summed E-state index contributed by atoms with van der Waals surface area (Å²) >= 11 is 5.84. The minimum Gasteiger partial charge on any atom is -0.464 e. The van der Waals surface area contributed by atoms with Crippen molar-refractivity contribution in [3.8, 4) is 0 Å². The molecule has 2 aromatic rings. The Morgan fingerprint density at radius 1 is 1.46 bits per heavy atom. The Morgan fingerprint density at radius 3 is 2.83 bits per heavy atom. The first-order valence-corrected chi connectivity index (χ1v) is 7.57. The second-order valence-corrected chi connectivity index (χ2v) is 5.45. The molecule has 126 valence electrons. The van der Waals surface area contributed by atoms with Crippen molar-refractivity contribution in [2.24, 2.45) is 0 Å². The molecule has 0 bridgehead atoms. The van der Waals surface area contributed by atoms with Crippen molar-refractivity contribution in [2.45, 2.75) is 20.4 Å². The molecule has 2 amide bonds. The number of carbonyl (C=O) groups is 1. The van der Waals surface area contributed by atoms with Crippen molar-refractivity contribution >= 4 is 23.3 Å². The van der Waals surface area contributed by atoms with Gasteiger partial charge in [-0.15, -0.1) is 0 Å². The maximum Gasteiger partial charge on any atom is 0.326 e. The van der Waals surface area contributed by atoms with Crippen LogP contribution in [0.3, 0.4) is 0 Å². The van der Waals surface area contributed by atoms with E-state index in [9.17, 15) is 4.79 Å². The molecule has 0 fully saturated rings. The molecule has 24 heavy (non-hydrogen) atoms. The van der Waals surface area contributed by atoms with Crippen LogP contribution in [0.1, 0.15) is 18.4 Å². The number of furan rings is 1. The summed E-state index contributed by atoms with van der Waals surface area (Å²) < 4.78 is 10.4. The Balaban J connectivity index is 2.14. The van der Waals surface area contributed by atoms with E-state index in [1.54, 1.807) is 19.1 Å². The molecule has 2 heterocycles. The first kappa shape index (κ1) is 17.6. The Kier molecular flexibility index (Phi) is 6.03. The summed E-state index contributed by atoms with van der Waals surface area (Å²) in [6.45, 7) is 7.40. The van der Waals surface area contributed by atoms with Gasteiger partial charge in [-0.25, -0.2) is 4.79 Å². The lowest BCUT2D eigenvalue weighted by molar-refractivity contribution is 0.247. The zero-order valence-corrected chi connectivity index (χ0v) is 14.2. The molecule has 0 aliphatic carbocycles. The highest BCUT2D eigenvalue weighted by Gasteiger charge is 2.19. The minimum atomic E-state index is -0.343. The molecule has 0 saturated carbocycles. The number of rotatable bonds is 6. The third kappa shape index (κ3) is 4.89. The van der Waals surface area contributed by atoms with Gasteiger partial charge in [0.2, 0.25) is 0 Å². The number of amides is 2. The number of hydrogen-bond acceptors (Lipinski definition) is 4. The second kappa shape index (κ2) is 8.21. The quantitative estimate of drug-likeness (QED) is 0.780. The van der Waals surface area contributed by atoms with E-state index in [2.05, 4.69) is 17.1 Å². The minimum absolute atomic E-state index is 0.247. The molecule has 2 aromatic heterocycles. The van der Waals surface area contributed by atoms with E-state index < -0.39 is 0 Å². The van der Waals surface area contributed by atoms with E-state index in [-0.39, 0.29) is 12.6 Å². The number of urea groups is 1. The zero-order valence-electron chi connectivity index (χ0n) is 13.5. The topological polar surface area (TPSA) is 71.5 Å². The molecule has 0 spiro atoms. The maximum absolute atomic E-state index is 12.6. The molecule has 0 atom stereocenters. The Labute approximate surface area is 145 Å². The number of aryl methyl sites for hydroxylation is 1. The Bertz CT molecular complexity index is 760. The summed E-state index contributed by atoms with van der Waals surface area (Å²) in [4.78, 5) is 14.0. The van der Waals surface area contributed by atoms with Crippen LogP contribution in [-0.4, -0.2) is 11.2 Å². The van der Waals surface area contributed by atoms with Crippen LogP contribution in [0.2, 0.25) is 0 Å².